The zero-order valence-electron chi connectivity index (χ0n) is 46.7. The molecular formula is C66H54CuN12O6. The normalized spacial score (nSPS) is 14.1. The third kappa shape index (κ3) is 9.62. The standard InChI is InChI=1S/C34H36N4O6.C32H18N8.Cu/c1-7-19-15(3)23-12-25-17(5)21(9-10-29(39)40)32(37-25)22(11-30(41)42)33-31(34(43)44)18(6)26(38-33)14-28-20(8-2)16(4)24(36-28)13-27(19)35-23;1-2-10-18-17(9-1)25-33-26(18)38-28-21-13-5-6-14-22(21)30(35-28)40-32-24-16-8-7-15-23(24)31(36-32)39-29-20-12-4-3-11-19(20)27(34-29)37-25;/h7,12-14,17,21,35-36H,1,8-11H2,2-6H3,(H,39,40)(H,41,42)(H,43,44);1-16H,(H2,33,34,35,36,37,38,39,40);/t17-,21-;;/m0../s1. The average molecular weight is 1170 g/mol. The fourth-order valence-electron chi connectivity index (χ4n) is 12.1. The summed E-state index contributed by atoms with van der Waals surface area (Å²) < 4.78 is 0. The molecule has 0 amide bonds. The van der Waals surface area contributed by atoms with E-state index < -0.39 is 30.2 Å². The first kappa shape index (κ1) is 55.3. The Balaban J connectivity index is 0.000000165. The van der Waals surface area contributed by atoms with Crippen molar-refractivity contribution in [3.63, 3.8) is 0 Å². The Morgan fingerprint density at radius 2 is 1.02 bits per heavy atom. The van der Waals surface area contributed by atoms with Gasteiger partial charge in [-0.2, -0.15) is 0 Å². The van der Waals surface area contributed by atoms with E-state index >= 15 is 0 Å². The van der Waals surface area contributed by atoms with Crippen molar-refractivity contribution in [1.29, 1.82) is 0 Å². The molecule has 85 heavy (non-hydrogen) atoms. The van der Waals surface area contributed by atoms with Gasteiger partial charge in [-0.25, -0.2) is 39.7 Å². The fraction of sp³-hybridized carbons (Fsp3) is 0.167. The largest absolute Gasteiger partial charge is 0.481 e. The summed E-state index contributed by atoms with van der Waals surface area (Å²) in [6.07, 6.45) is 2.03. The number of H-pyrrole nitrogens is 4. The van der Waals surface area contributed by atoms with Crippen molar-refractivity contribution >= 4 is 101 Å². The number of carboxylic acid groups (broad SMARTS) is 3. The van der Waals surface area contributed by atoms with Crippen LogP contribution in [-0.2, 0) is 44.3 Å². The number of benzene rings is 4. The number of rotatable bonds is 8. The van der Waals surface area contributed by atoms with Crippen LogP contribution in [0.2, 0.25) is 0 Å². The van der Waals surface area contributed by atoms with E-state index in [0.717, 1.165) is 88.1 Å². The van der Waals surface area contributed by atoms with Gasteiger partial charge in [0.25, 0.3) is 0 Å². The number of hydrogen-bond donors (Lipinski definition) is 7. The van der Waals surface area contributed by atoms with Crippen molar-refractivity contribution in [2.45, 2.75) is 72.1 Å². The maximum absolute atomic E-state index is 12.7. The van der Waals surface area contributed by atoms with Crippen LogP contribution in [0, 0.1) is 13.8 Å². The Bertz CT molecular complexity index is 4600. The maximum atomic E-state index is 12.7. The number of nitrogens with zero attached hydrogens (tertiary/aromatic N) is 8. The predicted molar refractivity (Wildman–Crippen MR) is 325 cm³/mol. The van der Waals surface area contributed by atoms with E-state index in [1.165, 1.54) is 0 Å². The van der Waals surface area contributed by atoms with Gasteiger partial charge in [-0.15, -0.1) is 0 Å². The number of aryl methyl sites for hydroxylation is 3. The maximum Gasteiger partial charge on any atom is 0.338 e. The Hall–Kier alpha value is -10.2. The summed E-state index contributed by atoms with van der Waals surface area (Å²) in [4.78, 5) is 90.0. The Labute approximate surface area is 495 Å². The van der Waals surface area contributed by atoms with Crippen LogP contribution in [-0.4, -0.2) is 93.0 Å². The summed E-state index contributed by atoms with van der Waals surface area (Å²) in [6.45, 7) is 13.7. The summed E-state index contributed by atoms with van der Waals surface area (Å²) in [5, 5.41) is 33.7. The number of aromatic nitrogens is 12. The molecule has 4 aromatic carbocycles. The van der Waals surface area contributed by atoms with Gasteiger partial charge in [0, 0.05) is 118 Å². The molecule has 0 spiro atoms. The van der Waals surface area contributed by atoms with Gasteiger partial charge in [-0.1, -0.05) is 124 Å². The van der Waals surface area contributed by atoms with Gasteiger partial charge in [-0.05, 0) is 74.1 Å². The average Bonchev–Trinajstić information content (AvgIpc) is 1.88. The van der Waals surface area contributed by atoms with Gasteiger partial charge in [0.1, 0.15) is 22.6 Å². The molecule has 425 valence electrons. The molecule has 1 radical (unpaired) electrons. The first-order valence-electron chi connectivity index (χ1n) is 27.6. The van der Waals surface area contributed by atoms with E-state index in [1.807, 2.05) is 143 Å². The minimum Gasteiger partial charge on any atom is -0.481 e. The third-order valence-electron chi connectivity index (χ3n) is 16.4. The minimum absolute atomic E-state index is 0. The second kappa shape index (κ2) is 21.8. The molecule has 0 saturated carbocycles. The number of aromatic amines is 4. The first-order valence-corrected chi connectivity index (χ1v) is 27.6. The number of carbonyl (C=O) groups is 3. The summed E-state index contributed by atoms with van der Waals surface area (Å²) in [6, 6.07) is 38.0. The van der Waals surface area contributed by atoms with Gasteiger partial charge in [0.05, 0.1) is 29.1 Å². The molecule has 14 rings (SSSR count). The third-order valence-corrected chi connectivity index (χ3v) is 16.4. The second-order valence-corrected chi connectivity index (χ2v) is 21.3. The van der Waals surface area contributed by atoms with Gasteiger partial charge in [0.15, 0.2) is 23.3 Å². The van der Waals surface area contributed by atoms with E-state index in [1.54, 1.807) is 13.0 Å². The smallest absolute Gasteiger partial charge is 0.338 e. The van der Waals surface area contributed by atoms with Crippen molar-refractivity contribution < 1.29 is 46.8 Å². The molecule has 0 aliphatic carbocycles. The van der Waals surface area contributed by atoms with Crippen molar-refractivity contribution in [2.24, 2.45) is 0 Å². The molecule has 4 aliphatic heterocycles. The zero-order valence-corrected chi connectivity index (χ0v) is 47.6. The molecule has 6 aromatic heterocycles. The molecule has 2 atom stereocenters. The Morgan fingerprint density at radius 1 is 0.553 bits per heavy atom. The summed E-state index contributed by atoms with van der Waals surface area (Å²) in [7, 11) is 0. The molecular weight excluding hydrogens is 1120 g/mol. The minimum atomic E-state index is -1.23. The quantitative estimate of drug-likeness (QED) is 0.0697. The molecule has 0 unspecified atom stereocenters. The molecule has 16 bridgehead atoms. The molecule has 0 fully saturated rings. The first-order chi connectivity index (χ1) is 40.7. The molecule has 19 heteroatoms. The van der Waals surface area contributed by atoms with Crippen LogP contribution in [0.1, 0.15) is 96.0 Å². The van der Waals surface area contributed by atoms with Gasteiger partial charge in [-0.3, -0.25) is 14.6 Å². The van der Waals surface area contributed by atoms with E-state index in [2.05, 4.69) is 26.5 Å². The number of aliphatic carboxylic acids is 3. The van der Waals surface area contributed by atoms with Crippen molar-refractivity contribution in [2.75, 3.05) is 0 Å². The molecule has 10 heterocycles. The summed E-state index contributed by atoms with van der Waals surface area (Å²) >= 11 is 0. The molecule has 7 N–H and O–H groups in total. The van der Waals surface area contributed by atoms with E-state index in [9.17, 15) is 29.7 Å². The number of carboxylic acids is 3. The molecule has 0 saturated heterocycles. The second-order valence-electron chi connectivity index (χ2n) is 21.3. The van der Waals surface area contributed by atoms with Crippen molar-refractivity contribution in [1.82, 2.24) is 59.8 Å². The topological polar surface area (TPSA) is 278 Å². The van der Waals surface area contributed by atoms with Crippen LogP contribution in [0.5, 0.6) is 0 Å². The number of allylic oxidation sites excluding steroid dienone is 1. The monoisotopic (exact) mass is 1170 g/mol. The van der Waals surface area contributed by atoms with Gasteiger partial charge in [0.2, 0.25) is 0 Å². The van der Waals surface area contributed by atoms with Crippen LogP contribution >= 0.6 is 0 Å². The Kier molecular flexibility index (Phi) is 14.2. The molecule has 18 nitrogen and oxygen atoms in total. The summed E-state index contributed by atoms with van der Waals surface area (Å²) in [5.41, 5.74) is 15.7. The van der Waals surface area contributed by atoms with Crippen LogP contribution < -0.4 is 0 Å². The predicted octanol–water partition coefficient (Wildman–Crippen LogP) is 13.4. The van der Waals surface area contributed by atoms with E-state index in [-0.39, 0.29) is 52.7 Å². The molecule has 10 aromatic rings. The van der Waals surface area contributed by atoms with Crippen molar-refractivity contribution in [3.05, 3.63) is 172 Å². The van der Waals surface area contributed by atoms with Crippen LogP contribution in [0.25, 0.3) is 129 Å². The number of fused-ring (bicyclic) bond motifs is 28. The van der Waals surface area contributed by atoms with E-state index in [4.69, 9.17) is 39.9 Å². The van der Waals surface area contributed by atoms with Gasteiger partial charge < -0.3 is 35.3 Å². The summed E-state index contributed by atoms with van der Waals surface area (Å²) in [5.74, 6) is -1.74. The molecule has 4 aliphatic rings. The SMILES string of the molecule is C=Cc1c(C)c2cc3nc(c(CC(=O)O)c4nc(cc5[nH]c(cc1[nH]2)c(C)c5CC)C(C)=C4C(=O)O)[C@@H](CCC(=O)O)[C@@H]3C.[Cu].c1ccc2c(c1)-c1nc-2nc2[nH]c(nc3nc(nc4[nH]c(n1)c1ccccc41)-c1ccccc1-3)c1ccccc21. The fourth-order valence-corrected chi connectivity index (χ4v) is 12.1. The Morgan fingerprint density at radius 3 is 1.47 bits per heavy atom. The van der Waals surface area contributed by atoms with Crippen LogP contribution in [0.3, 0.4) is 0 Å². The van der Waals surface area contributed by atoms with Crippen LogP contribution in [0.4, 0.5) is 0 Å². The number of hydrogen-bond acceptors (Lipinski definition) is 11. The van der Waals surface area contributed by atoms with Gasteiger partial charge >= 0.3 is 17.9 Å². The number of nitrogens with one attached hydrogen (secondary N) is 4. The van der Waals surface area contributed by atoms with E-state index in [0.29, 0.717) is 75.0 Å². The van der Waals surface area contributed by atoms with Crippen LogP contribution in [0.15, 0.2) is 122 Å². The van der Waals surface area contributed by atoms with Crippen molar-refractivity contribution in [3.8, 4) is 45.6 Å². The zero-order chi connectivity index (χ0) is 58.2.